The van der Waals surface area contributed by atoms with E-state index in [0.29, 0.717) is 12.1 Å². The minimum Gasteiger partial charge on any atom is -0.353 e. The van der Waals surface area contributed by atoms with Crippen molar-refractivity contribution in [3.05, 3.63) is 0 Å². The maximum atomic E-state index is 12.0. The second kappa shape index (κ2) is 6.89. The monoisotopic (exact) mass is 226 g/mol. The van der Waals surface area contributed by atoms with Gasteiger partial charge in [0.15, 0.2) is 0 Å². The van der Waals surface area contributed by atoms with Gasteiger partial charge in [0.1, 0.15) is 0 Å². The SMILES string of the molecule is CCCC(CC)NC(=O)[C@H]1CCN[C@@H](C)C1. The molecular formula is C13H26N2O. The van der Waals surface area contributed by atoms with Crippen LogP contribution in [0.25, 0.3) is 0 Å². The average Bonchev–Trinajstić information content (AvgIpc) is 2.28. The molecule has 3 atom stereocenters. The Morgan fingerprint density at radius 1 is 1.50 bits per heavy atom. The fourth-order valence-corrected chi connectivity index (χ4v) is 2.42. The van der Waals surface area contributed by atoms with Gasteiger partial charge >= 0.3 is 0 Å². The molecule has 1 heterocycles. The van der Waals surface area contributed by atoms with Gasteiger partial charge in [0.05, 0.1) is 0 Å². The Bertz CT molecular complexity index is 218. The minimum absolute atomic E-state index is 0.224. The van der Waals surface area contributed by atoms with Gasteiger partial charge in [-0.3, -0.25) is 4.79 Å². The van der Waals surface area contributed by atoms with Crippen LogP contribution in [-0.2, 0) is 4.79 Å². The van der Waals surface area contributed by atoms with Crippen LogP contribution < -0.4 is 10.6 Å². The molecule has 0 bridgehead atoms. The zero-order valence-corrected chi connectivity index (χ0v) is 10.9. The summed E-state index contributed by atoms with van der Waals surface area (Å²) in [7, 11) is 0. The van der Waals surface area contributed by atoms with E-state index in [4.69, 9.17) is 0 Å². The molecule has 1 saturated heterocycles. The smallest absolute Gasteiger partial charge is 0.223 e. The topological polar surface area (TPSA) is 41.1 Å². The second-order valence-corrected chi connectivity index (χ2v) is 4.98. The quantitative estimate of drug-likeness (QED) is 0.753. The van der Waals surface area contributed by atoms with Crippen molar-refractivity contribution >= 4 is 5.91 Å². The number of rotatable bonds is 5. The predicted octanol–water partition coefficient (Wildman–Crippen LogP) is 2.07. The van der Waals surface area contributed by atoms with Gasteiger partial charge in [0, 0.05) is 18.0 Å². The lowest BCUT2D eigenvalue weighted by Crippen LogP contribution is -2.45. The Morgan fingerprint density at radius 3 is 2.81 bits per heavy atom. The predicted molar refractivity (Wildman–Crippen MR) is 67.3 cm³/mol. The third kappa shape index (κ3) is 4.12. The fraction of sp³-hybridized carbons (Fsp3) is 0.923. The molecule has 0 saturated carbocycles. The number of nitrogens with one attached hydrogen (secondary N) is 2. The standard InChI is InChI=1S/C13H26N2O/c1-4-6-12(5-2)15-13(16)11-7-8-14-10(3)9-11/h10-12,14H,4-9H2,1-3H3,(H,15,16)/t10-,11-,12?/m0/s1. The van der Waals surface area contributed by atoms with Crippen molar-refractivity contribution in [1.29, 1.82) is 0 Å². The summed E-state index contributed by atoms with van der Waals surface area (Å²) in [5.74, 6) is 0.496. The molecule has 0 radical (unpaired) electrons. The Balaban J connectivity index is 2.37. The highest BCUT2D eigenvalue weighted by Gasteiger charge is 2.25. The van der Waals surface area contributed by atoms with Crippen LogP contribution in [0.2, 0.25) is 0 Å². The highest BCUT2D eigenvalue weighted by atomic mass is 16.1. The molecule has 16 heavy (non-hydrogen) atoms. The molecule has 0 aromatic heterocycles. The van der Waals surface area contributed by atoms with Crippen LogP contribution in [0.4, 0.5) is 0 Å². The highest BCUT2D eigenvalue weighted by molar-refractivity contribution is 5.79. The Hall–Kier alpha value is -0.570. The van der Waals surface area contributed by atoms with E-state index in [-0.39, 0.29) is 11.8 Å². The lowest BCUT2D eigenvalue weighted by Gasteiger charge is -2.28. The first-order valence-electron chi connectivity index (χ1n) is 6.71. The summed E-state index contributed by atoms with van der Waals surface area (Å²) in [5.41, 5.74) is 0. The molecule has 1 rings (SSSR count). The number of hydrogen-bond acceptors (Lipinski definition) is 2. The first-order chi connectivity index (χ1) is 7.67. The summed E-state index contributed by atoms with van der Waals surface area (Å²) in [6.45, 7) is 7.44. The Kier molecular flexibility index (Phi) is 5.81. The zero-order chi connectivity index (χ0) is 12.0. The van der Waals surface area contributed by atoms with Crippen molar-refractivity contribution in [3.63, 3.8) is 0 Å². The molecule has 2 N–H and O–H groups in total. The molecule has 94 valence electrons. The van der Waals surface area contributed by atoms with Crippen LogP contribution in [0, 0.1) is 5.92 Å². The van der Waals surface area contributed by atoms with Gasteiger partial charge in [-0.15, -0.1) is 0 Å². The van der Waals surface area contributed by atoms with E-state index in [1.165, 1.54) is 0 Å². The van der Waals surface area contributed by atoms with Gasteiger partial charge in [-0.1, -0.05) is 20.3 Å². The first kappa shape index (κ1) is 13.5. The van der Waals surface area contributed by atoms with Crippen molar-refractivity contribution in [2.45, 2.75) is 65.0 Å². The Morgan fingerprint density at radius 2 is 2.25 bits per heavy atom. The summed E-state index contributed by atoms with van der Waals surface area (Å²) < 4.78 is 0. The van der Waals surface area contributed by atoms with Crippen LogP contribution >= 0.6 is 0 Å². The number of piperidine rings is 1. The molecule has 0 aromatic rings. The molecule has 0 spiro atoms. The van der Waals surface area contributed by atoms with Gasteiger partial charge in [-0.2, -0.15) is 0 Å². The average molecular weight is 226 g/mol. The lowest BCUT2D eigenvalue weighted by molar-refractivity contribution is -0.126. The van der Waals surface area contributed by atoms with Gasteiger partial charge < -0.3 is 10.6 Å². The van der Waals surface area contributed by atoms with Crippen molar-refractivity contribution < 1.29 is 4.79 Å². The molecule has 0 aromatic carbocycles. The highest BCUT2D eigenvalue weighted by Crippen LogP contribution is 2.16. The van der Waals surface area contributed by atoms with Crippen molar-refractivity contribution in [2.24, 2.45) is 5.92 Å². The molecule has 3 nitrogen and oxygen atoms in total. The maximum Gasteiger partial charge on any atom is 0.223 e. The minimum atomic E-state index is 0.224. The van der Waals surface area contributed by atoms with Gasteiger partial charge in [0.2, 0.25) is 5.91 Å². The second-order valence-electron chi connectivity index (χ2n) is 4.98. The van der Waals surface area contributed by atoms with Crippen molar-refractivity contribution in [2.75, 3.05) is 6.54 Å². The Labute approximate surface area is 99.4 Å². The number of hydrogen-bond donors (Lipinski definition) is 2. The molecule has 0 aliphatic carbocycles. The van der Waals surface area contributed by atoms with Crippen LogP contribution in [0.15, 0.2) is 0 Å². The fourth-order valence-electron chi connectivity index (χ4n) is 2.42. The van der Waals surface area contributed by atoms with E-state index >= 15 is 0 Å². The molecular weight excluding hydrogens is 200 g/mol. The van der Waals surface area contributed by atoms with E-state index in [1.54, 1.807) is 0 Å². The third-order valence-electron chi connectivity index (χ3n) is 3.47. The van der Waals surface area contributed by atoms with Crippen LogP contribution in [0.1, 0.15) is 52.9 Å². The third-order valence-corrected chi connectivity index (χ3v) is 3.47. The number of amides is 1. The molecule has 1 aliphatic rings. The molecule has 3 heteroatoms. The van der Waals surface area contributed by atoms with Crippen LogP contribution in [0.3, 0.4) is 0 Å². The maximum absolute atomic E-state index is 12.0. The summed E-state index contributed by atoms with van der Waals surface area (Å²) in [6, 6.07) is 0.860. The normalized spacial score (nSPS) is 27.4. The van der Waals surface area contributed by atoms with E-state index in [1.807, 2.05) is 0 Å². The summed E-state index contributed by atoms with van der Waals surface area (Å²) in [4.78, 5) is 12.0. The van der Waals surface area contributed by atoms with E-state index in [0.717, 1.165) is 38.6 Å². The van der Waals surface area contributed by atoms with Gasteiger partial charge in [-0.05, 0) is 39.2 Å². The molecule has 1 amide bonds. The number of carbonyl (C=O) groups is 1. The van der Waals surface area contributed by atoms with E-state index < -0.39 is 0 Å². The van der Waals surface area contributed by atoms with Crippen LogP contribution in [-0.4, -0.2) is 24.5 Å². The van der Waals surface area contributed by atoms with Gasteiger partial charge in [-0.25, -0.2) is 0 Å². The summed E-state index contributed by atoms with van der Waals surface area (Å²) in [5, 5.41) is 6.57. The molecule has 1 aliphatic heterocycles. The molecule has 1 fully saturated rings. The largest absolute Gasteiger partial charge is 0.353 e. The van der Waals surface area contributed by atoms with Crippen LogP contribution in [0.5, 0.6) is 0 Å². The zero-order valence-electron chi connectivity index (χ0n) is 10.9. The summed E-state index contributed by atoms with van der Waals surface area (Å²) >= 11 is 0. The van der Waals surface area contributed by atoms with Crippen molar-refractivity contribution in [3.8, 4) is 0 Å². The molecule has 1 unspecified atom stereocenters. The van der Waals surface area contributed by atoms with E-state index in [9.17, 15) is 4.79 Å². The van der Waals surface area contributed by atoms with Gasteiger partial charge in [0.25, 0.3) is 0 Å². The lowest BCUT2D eigenvalue weighted by atomic mass is 9.92. The summed E-state index contributed by atoms with van der Waals surface area (Å²) in [6.07, 6.45) is 5.25. The van der Waals surface area contributed by atoms with Crippen molar-refractivity contribution in [1.82, 2.24) is 10.6 Å². The van der Waals surface area contributed by atoms with E-state index in [2.05, 4.69) is 31.4 Å². The number of carbonyl (C=O) groups excluding carboxylic acids is 1. The first-order valence-corrected chi connectivity index (χ1v) is 6.71.